The van der Waals surface area contributed by atoms with Gasteiger partial charge in [-0.3, -0.25) is 0 Å². The zero-order valence-corrected chi connectivity index (χ0v) is 10.2. The molecule has 1 rings (SSSR count). The summed E-state index contributed by atoms with van der Waals surface area (Å²) >= 11 is 1.79. The van der Waals surface area contributed by atoms with Gasteiger partial charge in [-0.2, -0.15) is 5.26 Å². The van der Waals surface area contributed by atoms with Crippen molar-refractivity contribution in [3.05, 3.63) is 29.8 Å². The highest BCUT2D eigenvalue weighted by Gasteiger charge is 1.96. The van der Waals surface area contributed by atoms with Crippen LogP contribution in [0.3, 0.4) is 0 Å². The summed E-state index contributed by atoms with van der Waals surface area (Å²) in [5.41, 5.74) is 0.727. The smallest absolute Gasteiger partial charge is 0.0992 e. The van der Waals surface area contributed by atoms with Crippen LogP contribution in [0.1, 0.15) is 31.2 Å². The molecule has 86 valence electrons. The quantitative estimate of drug-likeness (QED) is 0.583. The van der Waals surface area contributed by atoms with Gasteiger partial charge < -0.3 is 5.11 Å². The lowest BCUT2D eigenvalue weighted by Crippen LogP contribution is -1.85. The molecular weight excluding hydrogens is 218 g/mol. The van der Waals surface area contributed by atoms with Crippen molar-refractivity contribution in [2.45, 2.75) is 30.6 Å². The lowest BCUT2D eigenvalue weighted by Gasteiger charge is -2.01. The average Bonchev–Trinajstić information content (AvgIpc) is 2.34. The molecule has 0 heterocycles. The van der Waals surface area contributed by atoms with E-state index in [1.54, 1.807) is 11.8 Å². The summed E-state index contributed by atoms with van der Waals surface area (Å²) in [6.45, 7) is 0.303. The Hall–Kier alpha value is -0.980. The van der Waals surface area contributed by atoms with E-state index in [1.165, 1.54) is 17.7 Å². The first-order valence-electron chi connectivity index (χ1n) is 5.60. The maximum Gasteiger partial charge on any atom is 0.0992 e. The molecule has 0 spiro atoms. The molecule has 0 saturated heterocycles. The molecule has 0 saturated carbocycles. The Morgan fingerprint density at radius 3 is 2.75 bits per heavy atom. The number of aliphatic hydroxyl groups excluding tert-OH is 1. The van der Waals surface area contributed by atoms with Gasteiger partial charge in [0.15, 0.2) is 0 Å². The largest absolute Gasteiger partial charge is 0.396 e. The van der Waals surface area contributed by atoms with Gasteiger partial charge in [-0.05, 0) is 36.8 Å². The first kappa shape index (κ1) is 13.1. The molecule has 0 aromatic heterocycles. The topological polar surface area (TPSA) is 44.0 Å². The summed E-state index contributed by atoms with van der Waals surface area (Å²) in [7, 11) is 0. The minimum Gasteiger partial charge on any atom is -0.396 e. The van der Waals surface area contributed by atoms with Crippen LogP contribution in [0.25, 0.3) is 0 Å². The number of rotatable bonds is 7. The highest BCUT2D eigenvalue weighted by molar-refractivity contribution is 7.99. The van der Waals surface area contributed by atoms with Gasteiger partial charge in [0.25, 0.3) is 0 Å². The van der Waals surface area contributed by atoms with Crippen LogP contribution in [0.4, 0.5) is 0 Å². The van der Waals surface area contributed by atoms with Crippen LogP contribution in [0.5, 0.6) is 0 Å². The molecule has 0 unspecified atom stereocenters. The second kappa shape index (κ2) is 8.20. The second-order valence-electron chi connectivity index (χ2n) is 3.63. The number of nitriles is 1. The Labute approximate surface area is 101 Å². The third-order valence-corrected chi connectivity index (χ3v) is 3.36. The van der Waals surface area contributed by atoms with Crippen LogP contribution in [-0.2, 0) is 0 Å². The molecule has 0 fully saturated rings. The monoisotopic (exact) mass is 235 g/mol. The molecule has 2 nitrogen and oxygen atoms in total. The molecule has 1 N–H and O–H groups in total. The van der Waals surface area contributed by atoms with Gasteiger partial charge in [0.1, 0.15) is 0 Å². The fourth-order valence-corrected chi connectivity index (χ4v) is 2.38. The van der Waals surface area contributed by atoms with Gasteiger partial charge in [-0.25, -0.2) is 0 Å². The molecule has 16 heavy (non-hydrogen) atoms. The molecule has 1 aromatic carbocycles. The highest BCUT2D eigenvalue weighted by atomic mass is 32.2. The van der Waals surface area contributed by atoms with Crippen LogP contribution in [0, 0.1) is 11.3 Å². The third-order valence-electron chi connectivity index (χ3n) is 2.28. The average molecular weight is 235 g/mol. The number of aliphatic hydroxyl groups is 1. The van der Waals surface area contributed by atoms with Crippen LogP contribution in [0.15, 0.2) is 29.2 Å². The van der Waals surface area contributed by atoms with E-state index in [1.807, 2.05) is 24.3 Å². The van der Waals surface area contributed by atoms with Crippen molar-refractivity contribution in [1.82, 2.24) is 0 Å². The predicted molar refractivity (Wildman–Crippen MR) is 67.4 cm³/mol. The van der Waals surface area contributed by atoms with Gasteiger partial charge in [-0.15, -0.1) is 11.8 Å². The summed E-state index contributed by atoms with van der Waals surface area (Å²) in [6.07, 6.45) is 4.36. The first-order valence-corrected chi connectivity index (χ1v) is 6.59. The van der Waals surface area contributed by atoms with Crippen LogP contribution in [0.2, 0.25) is 0 Å². The summed E-state index contributed by atoms with van der Waals surface area (Å²) in [5, 5.41) is 17.4. The lowest BCUT2D eigenvalue weighted by atomic mass is 10.2. The highest BCUT2D eigenvalue weighted by Crippen LogP contribution is 2.20. The zero-order valence-electron chi connectivity index (χ0n) is 9.35. The lowest BCUT2D eigenvalue weighted by molar-refractivity contribution is 0.283. The molecule has 0 amide bonds. The molecule has 0 radical (unpaired) electrons. The molecule has 0 atom stereocenters. The molecular formula is C13H17NOS. The van der Waals surface area contributed by atoms with E-state index in [9.17, 15) is 0 Å². The minimum absolute atomic E-state index is 0.303. The van der Waals surface area contributed by atoms with Crippen molar-refractivity contribution in [3.63, 3.8) is 0 Å². The number of thioether (sulfide) groups is 1. The SMILES string of the molecule is N#Cc1cccc(SCCCCCCO)c1. The van der Waals surface area contributed by atoms with Crippen molar-refractivity contribution >= 4 is 11.8 Å². The second-order valence-corrected chi connectivity index (χ2v) is 4.79. The van der Waals surface area contributed by atoms with E-state index in [2.05, 4.69) is 6.07 Å². The van der Waals surface area contributed by atoms with E-state index in [0.717, 1.165) is 24.2 Å². The predicted octanol–water partition coefficient (Wildman–Crippen LogP) is 3.20. The van der Waals surface area contributed by atoms with Gasteiger partial charge >= 0.3 is 0 Å². The summed E-state index contributed by atoms with van der Waals surface area (Å²) < 4.78 is 0. The van der Waals surface area contributed by atoms with E-state index >= 15 is 0 Å². The van der Waals surface area contributed by atoms with Gasteiger partial charge in [0, 0.05) is 11.5 Å². The normalized spacial score (nSPS) is 10.0. The molecule has 0 bridgehead atoms. The van der Waals surface area contributed by atoms with Crippen molar-refractivity contribution in [2.24, 2.45) is 0 Å². The van der Waals surface area contributed by atoms with Crippen molar-refractivity contribution < 1.29 is 5.11 Å². The van der Waals surface area contributed by atoms with E-state index in [-0.39, 0.29) is 0 Å². The molecule has 0 aliphatic heterocycles. The molecule has 1 aromatic rings. The fraction of sp³-hybridized carbons (Fsp3) is 0.462. The molecule has 0 aliphatic rings. The van der Waals surface area contributed by atoms with Crippen molar-refractivity contribution in [3.8, 4) is 6.07 Å². The van der Waals surface area contributed by atoms with Crippen LogP contribution < -0.4 is 0 Å². The first-order chi connectivity index (χ1) is 7.86. The summed E-state index contributed by atoms with van der Waals surface area (Å²) in [4.78, 5) is 1.17. The standard InChI is InChI=1S/C13H17NOS/c14-11-12-6-5-7-13(10-12)16-9-4-2-1-3-8-15/h5-7,10,15H,1-4,8-9H2. The van der Waals surface area contributed by atoms with Crippen LogP contribution in [-0.4, -0.2) is 17.5 Å². The fourth-order valence-electron chi connectivity index (χ4n) is 1.41. The zero-order chi connectivity index (χ0) is 11.6. The molecule has 3 heteroatoms. The van der Waals surface area contributed by atoms with Crippen LogP contribution >= 0.6 is 11.8 Å². The van der Waals surface area contributed by atoms with Gasteiger partial charge in [0.2, 0.25) is 0 Å². The van der Waals surface area contributed by atoms with E-state index in [0.29, 0.717) is 6.61 Å². The Morgan fingerprint density at radius 2 is 2.00 bits per heavy atom. The van der Waals surface area contributed by atoms with Crippen molar-refractivity contribution in [2.75, 3.05) is 12.4 Å². The molecule has 0 aliphatic carbocycles. The van der Waals surface area contributed by atoms with E-state index < -0.39 is 0 Å². The minimum atomic E-state index is 0.303. The summed E-state index contributed by atoms with van der Waals surface area (Å²) in [5.74, 6) is 1.08. The Kier molecular flexibility index (Phi) is 6.71. The van der Waals surface area contributed by atoms with Crippen molar-refractivity contribution in [1.29, 1.82) is 5.26 Å². The number of hydrogen-bond acceptors (Lipinski definition) is 3. The summed E-state index contributed by atoms with van der Waals surface area (Å²) in [6, 6.07) is 9.86. The maximum absolute atomic E-state index is 8.75. The third kappa shape index (κ3) is 5.20. The Bertz CT molecular complexity index is 346. The number of hydrogen-bond donors (Lipinski definition) is 1. The van der Waals surface area contributed by atoms with E-state index in [4.69, 9.17) is 10.4 Å². The van der Waals surface area contributed by atoms with Gasteiger partial charge in [0.05, 0.1) is 11.6 Å². The van der Waals surface area contributed by atoms with Gasteiger partial charge in [-0.1, -0.05) is 18.9 Å². The number of unbranched alkanes of at least 4 members (excludes halogenated alkanes) is 3. The number of nitrogens with zero attached hydrogens (tertiary/aromatic N) is 1. The Morgan fingerprint density at radius 1 is 1.19 bits per heavy atom. The Balaban J connectivity index is 2.19. The number of benzene rings is 1. The maximum atomic E-state index is 8.75.